The van der Waals surface area contributed by atoms with E-state index >= 15 is 0 Å². The number of ether oxygens (including phenoxy) is 1. The Hall–Kier alpha value is -1.02. The van der Waals surface area contributed by atoms with Crippen molar-refractivity contribution in [3.05, 3.63) is 42.5 Å². The highest BCUT2D eigenvalue weighted by Crippen LogP contribution is 2.20. The van der Waals surface area contributed by atoms with Crippen LogP contribution in [0.5, 0.6) is 5.75 Å². The first-order valence-electron chi connectivity index (χ1n) is 5.08. The fourth-order valence-electron chi connectivity index (χ4n) is 1.50. The van der Waals surface area contributed by atoms with Gasteiger partial charge in [0.15, 0.2) is 0 Å². The van der Waals surface area contributed by atoms with Crippen LogP contribution in [0.3, 0.4) is 0 Å². The Morgan fingerprint density at radius 2 is 1.80 bits per heavy atom. The SMILES string of the molecule is BrCCCOc1ccc2ccccc2c1. The highest BCUT2D eigenvalue weighted by Gasteiger charge is 1.96. The first kappa shape index (κ1) is 10.5. The second-order valence-electron chi connectivity index (χ2n) is 3.40. The number of fused-ring (bicyclic) bond motifs is 1. The minimum atomic E-state index is 0.767. The molecule has 0 atom stereocenters. The molecule has 0 aliphatic rings. The van der Waals surface area contributed by atoms with Crippen molar-refractivity contribution in [1.29, 1.82) is 0 Å². The number of halogens is 1. The molecule has 0 saturated carbocycles. The van der Waals surface area contributed by atoms with Crippen LogP contribution >= 0.6 is 15.9 Å². The Morgan fingerprint density at radius 3 is 2.60 bits per heavy atom. The maximum Gasteiger partial charge on any atom is 0.119 e. The molecular formula is C13H13BrO. The van der Waals surface area contributed by atoms with Gasteiger partial charge in [0.05, 0.1) is 6.61 Å². The minimum Gasteiger partial charge on any atom is -0.494 e. The van der Waals surface area contributed by atoms with E-state index in [1.165, 1.54) is 10.8 Å². The second-order valence-corrected chi connectivity index (χ2v) is 4.19. The van der Waals surface area contributed by atoms with Crippen LogP contribution in [-0.2, 0) is 0 Å². The van der Waals surface area contributed by atoms with E-state index in [4.69, 9.17) is 4.74 Å². The van der Waals surface area contributed by atoms with Crippen LogP contribution in [0.2, 0.25) is 0 Å². The molecule has 0 aliphatic carbocycles. The van der Waals surface area contributed by atoms with Gasteiger partial charge in [-0.25, -0.2) is 0 Å². The van der Waals surface area contributed by atoms with Gasteiger partial charge in [-0.3, -0.25) is 0 Å². The Balaban J connectivity index is 2.16. The normalized spacial score (nSPS) is 10.5. The molecule has 0 N–H and O–H groups in total. The Kier molecular flexibility index (Phi) is 3.62. The van der Waals surface area contributed by atoms with E-state index in [-0.39, 0.29) is 0 Å². The number of rotatable bonds is 4. The lowest BCUT2D eigenvalue weighted by molar-refractivity contribution is 0.319. The van der Waals surface area contributed by atoms with Crippen molar-refractivity contribution < 1.29 is 4.74 Å². The summed E-state index contributed by atoms with van der Waals surface area (Å²) in [5, 5.41) is 3.47. The zero-order chi connectivity index (χ0) is 10.5. The van der Waals surface area contributed by atoms with E-state index in [1.807, 2.05) is 18.2 Å². The van der Waals surface area contributed by atoms with Gasteiger partial charge in [-0.1, -0.05) is 46.3 Å². The summed E-state index contributed by atoms with van der Waals surface area (Å²) in [6, 6.07) is 14.5. The average Bonchev–Trinajstić information content (AvgIpc) is 2.29. The molecule has 0 spiro atoms. The average molecular weight is 265 g/mol. The minimum absolute atomic E-state index is 0.767. The molecule has 0 bridgehead atoms. The molecule has 2 rings (SSSR count). The summed E-state index contributed by atoms with van der Waals surface area (Å²) in [7, 11) is 0. The number of hydrogen-bond donors (Lipinski definition) is 0. The molecular weight excluding hydrogens is 252 g/mol. The maximum absolute atomic E-state index is 5.62. The first-order chi connectivity index (χ1) is 7.40. The summed E-state index contributed by atoms with van der Waals surface area (Å²) in [5.41, 5.74) is 0. The molecule has 0 fully saturated rings. The molecule has 2 heteroatoms. The van der Waals surface area contributed by atoms with Crippen LogP contribution in [0, 0.1) is 0 Å². The van der Waals surface area contributed by atoms with Gasteiger partial charge in [-0.2, -0.15) is 0 Å². The van der Waals surface area contributed by atoms with Crippen molar-refractivity contribution in [1.82, 2.24) is 0 Å². The predicted molar refractivity (Wildman–Crippen MR) is 67.9 cm³/mol. The molecule has 2 aromatic rings. The fourth-order valence-corrected chi connectivity index (χ4v) is 1.73. The molecule has 15 heavy (non-hydrogen) atoms. The van der Waals surface area contributed by atoms with E-state index in [2.05, 4.69) is 40.2 Å². The Bertz CT molecular complexity index is 439. The van der Waals surface area contributed by atoms with Gasteiger partial charge in [-0.05, 0) is 29.3 Å². The van der Waals surface area contributed by atoms with Crippen LogP contribution in [-0.4, -0.2) is 11.9 Å². The zero-order valence-electron chi connectivity index (χ0n) is 8.45. The third kappa shape index (κ3) is 2.72. The van der Waals surface area contributed by atoms with Crippen molar-refractivity contribution >= 4 is 26.7 Å². The van der Waals surface area contributed by atoms with Gasteiger partial charge in [0, 0.05) is 5.33 Å². The number of benzene rings is 2. The van der Waals surface area contributed by atoms with Crippen LogP contribution in [0.1, 0.15) is 6.42 Å². The molecule has 78 valence electrons. The summed E-state index contributed by atoms with van der Waals surface area (Å²) >= 11 is 3.38. The largest absolute Gasteiger partial charge is 0.494 e. The molecule has 0 unspecified atom stereocenters. The van der Waals surface area contributed by atoms with Gasteiger partial charge < -0.3 is 4.74 Å². The standard InChI is InChI=1S/C13H13BrO/c14-8-3-9-15-13-7-6-11-4-1-2-5-12(11)10-13/h1-2,4-7,10H,3,8-9H2. The predicted octanol–water partition coefficient (Wildman–Crippen LogP) is 4.00. The lowest BCUT2D eigenvalue weighted by Crippen LogP contribution is -1.97. The molecule has 0 saturated heterocycles. The highest BCUT2D eigenvalue weighted by atomic mass is 79.9. The molecule has 0 aliphatic heterocycles. The topological polar surface area (TPSA) is 9.23 Å². The third-order valence-corrected chi connectivity index (χ3v) is 2.83. The lowest BCUT2D eigenvalue weighted by Gasteiger charge is -2.05. The van der Waals surface area contributed by atoms with Crippen LogP contribution < -0.4 is 4.74 Å². The number of hydrogen-bond acceptors (Lipinski definition) is 1. The van der Waals surface area contributed by atoms with E-state index in [0.717, 1.165) is 24.1 Å². The lowest BCUT2D eigenvalue weighted by atomic mass is 10.1. The monoisotopic (exact) mass is 264 g/mol. The molecule has 0 aromatic heterocycles. The van der Waals surface area contributed by atoms with Gasteiger partial charge >= 0.3 is 0 Å². The van der Waals surface area contributed by atoms with E-state index in [0.29, 0.717) is 0 Å². The molecule has 2 aromatic carbocycles. The van der Waals surface area contributed by atoms with E-state index in [9.17, 15) is 0 Å². The van der Waals surface area contributed by atoms with Crippen molar-refractivity contribution in [2.24, 2.45) is 0 Å². The van der Waals surface area contributed by atoms with Gasteiger partial charge in [0.1, 0.15) is 5.75 Å². The van der Waals surface area contributed by atoms with Gasteiger partial charge in [-0.15, -0.1) is 0 Å². The quantitative estimate of drug-likeness (QED) is 0.599. The van der Waals surface area contributed by atoms with E-state index < -0.39 is 0 Å². The van der Waals surface area contributed by atoms with Crippen molar-refractivity contribution in [3.63, 3.8) is 0 Å². The zero-order valence-corrected chi connectivity index (χ0v) is 10.0. The van der Waals surface area contributed by atoms with Crippen LogP contribution in [0.4, 0.5) is 0 Å². The maximum atomic E-state index is 5.62. The summed E-state index contributed by atoms with van der Waals surface area (Å²) in [4.78, 5) is 0. The molecule has 0 radical (unpaired) electrons. The summed E-state index contributed by atoms with van der Waals surface area (Å²) in [5.74, 6) is 0.953. The fraction of sp³-hybridized carbons (Fsp3) is 0.231. The molecule has 0 amide bonds. The molecule has 1 nitrogen and oxygen atoms in total. The van der Waals surface area contributed by atoms with Crippen molar-refractivity contribution in [2.45, 2.75) is 6.42 Å². The molecule has 0 heterocycles. The van der Waals surface area contributed by atoms with Gasteiger partial charge in [0.2, 0.25) is 0 Å². The summed E-state index contributed by atoms with van der Waals surface area (Å²) in [6.07, 6.45) is 1.03. The Morgan fingerprint density at radius 1 is 1.00 bits per heavy atom. The van der Waals surface area contributed by atoms with Crippen molar-refractivity contribution in [2.75, 3.05) is 11.9 Å². The van der Waals surface area contributed by atoms with Gasteiger partial charge in [0.25, 0.3) is 0 Å². The van der Waals surface area contributed by atoms with Crippen molar-refractivity contribution in [3.8, 4) is 5.75 Å². The van der Waals surface area contributed by atoms with Crippen LogP contribution in [0.25, 0.3) is 10.8 Å². The smallest absolute Gasteiger partial charge is 0.119 e. The summed E-state index contributed by atoms with van der Waals surface area (Å²) < 4.78 is 5.62. The highest BCUT2D eigenvalue weighted by molar-refractivity contribution is 9.09. The van der Waals surface area contributed by atoms with E-state index in [1.54, 1.807) is 0 Å². The summed E-state index contributed by atoms with van der Waals surface area (Å²) in [6.45, 7) is 0.767. The second kappa shape index (κ2) is 5.17. The van der Waals surface area contributed by atoms with Crippen LogP contribution in [0.15, 0.2) is 42.5 Å². The first-order valence-corrected chi connectivity index (χ1v) is 6.20. The number of alkyl halides is 1. The third-order valence-electron chi connectivity index (χ3n) is 2.27. The Labute approximate surface area is 98.2 Å².